The van der Waals surface area contributed by atoms with Gasteiger partial charge in [-0.15, -0.1) is 0 Å². The quantitative estimate of drug-likeness (QED) is 0.655. The molecule has 0 saturated carbocycles. The van der Waals surface area contributed by atoms with E-state index in [9.17, 15) is 10.1 Å². The first-order valence-electron chi connectivity index (χ1n) is 6.24. The molecular formula is C12H17BrN4O2. The average Bonchev–Trinajstić information content (AvgIpc) is 2.38. The molecule has 0 radical (unpaired) electrons. The second kappa shape index (κ2) is 5.83. The number of nitro groups is 1. The van der Waals surface area contributed by atoms with Gasteiger partial charge in [0.15, 0.2) is 0 Å². The van der Waals surface area contributed by atoms with Gasteiger partial charge in [-0.1, -0.05) is 6.92 Å². The highest BCUT2D eigenvalue weighted by Crippen LogP contribution is 2.33. The molecular weight excluding hydrogens is 312 g/mol. The molecule has 0 bridgehead atoms. The van der Waals surface area contributed by atoms with Crippen LogP contribution in [0.2, 0.25) is 0 Å². The Labute approximate surface area is 120 Å². The summed E-state index contributed by atoms with van der Waals surface area (Å²) in [5.41, 5.74) is 0.628. The Balaban J connectivity index is 2.12. The van der Waals surface area contributed by atoms with E-state index in [1.165, 1.54) is 6.20 Å². The van der Waals surface area contributed by atoms with Gasteiger partial charge in [0.2, 0.25) is 0 Å². The molecule has 2 rings (SSSR count). The highest BCUT2D eigenvalue weighted by atomic mass is 79.9. The fraction of sp³-hybridized carbons (Fsp3) is 0.583. The van der Waals surface area contributed by atoms with Crippen molar-refractivity contribution in [3.63, 3.8) is 0 Å². The molecule has 19 heavy (non-hydrogen) atoms. The van der Waals surface area contributed by atoms with Gasteiger partial charge in [0.1, 0.15) is 11.9 Å². The van der Waals surface area contributed by atoms with Gasteiger partial charge >= 0.3 is 5.69 Å². The molecule has 2 N–H and O–H groups in total. The van der Waals surface area contributed by atoms with E-state index in [0.717, 1.165) is 25.9 Å². The fourth-order valence-electron chi connectivity index (χ4n) is 2.31. The van der Waals surface area contributed by atoms with Crippen molar-refractivity contribution in [2.45, 2.75) is 19.8 Å². The van der Waals surface area contributed by atoms with Gasteiger partial charge in [0.05, 0.1) is 9.40 Å². The SMILES string of the molecule is CC1(CNc2c(Br)cncc2[N+](=O)[O-])CCCNC1. The third-order valence-corrected chi connectivity index (χ3v) is 4.06. The number of pyridine rings is 1. The standard InChI is InChI=1S/C12H17BrN4O2/c1-12(3-2-4-14-7-12)8-16-11-9(13)5-15-6-10(11)17(18)19/h5-6,14H,2-4,7-8H2,1H3,(H,15,16). The minimum Gasteiger partial charge on any atom is -0.378 e. The molecule has 0 aliphatic carbocycles. The van der Waals surface area contributed by atoms with Crippen LogP contribution < -0.4 is 10.6 Å². The minimum absolute atomic E-state index is 0.00161. The predicted octanol–water partition coefficient (Wildman–Crippen LogP) is 2.55. The highest BCUT2D eigenvalue weighted by molar-refractivity contribution is 9.10. The van der Waals surface area contributed by atoms with Crippen LogP contribution in [0.5, 0.6) is 0 Å². The van der Waals surface area contributed by atoms with Crippen LogP contribution in [0.4, 0.5) is 11.4 Å². The van der Waals surface area contributed by atoms with Gasteiger partial charge in [0.25, 0.3) is 0 Å². The van der Waals surface area contributed by atoms with Gasteiger partial charge in [-0.05, 0) is 40.7 Å². The molecule has 1 unspecified atom stereocenters. The van der Waals surface area contributed by atoms with Crippen molar-refractivity contribution in [3.8, 4) is 0 Å². The summed E-state index contributed by atoms with van der Waals surface area (Å²) in [5, 5.41) is 17.6. The number of hydrogen-bond donors (Lipinski definition) is 2. The van der Waals surface area contributed by atoms with Crippen LogP contribution in [0.3, 0.4) is 0 Å². The van der Waals surface area contributed by atoms with E-state index in [0.29, 0.717) is 16.7 Å². The number of aromatic nitrogens is 1. The van der Waals surface area contributed by atoms with E-state index in [-0.39, 0.29) is 11.1 Å². The van der Waals surface area contributed by atoms with Gasteiger partial charge in [-0.3, -0.25) is 15.1 Å². The molecule has 1 aliphatic heterocycles. The smallest absolute Gasteiger partial charge is 0.311 e. The van der Waals surface area contributed by atoms with E-state index in [2.05, 4.69) is 38.5 Å². The Morgan fingerprint density at radius 3 is 3.05 bits per heavy atom. The molecule has 1 aromatic heterocycles. The van der Waals surface area contributed by atoms with Crippen molar-refractivity contribution in [2.24, 2.45) is 5.41 Å². The maximum Gasteiger partial charge on any atom is 0.311 e. The molecule has 2 heterocycles. The lowest BCUT2D eigenvalue weighted by Crippen LogP contribution is -2.42. The second-order valence-electron chi connectivity index (χ2n) is 5.22. The molecule has 1 atom stereocenters. The Hall–Kier alpha value is -1.21. The van der Waals surface area contributed by atoms with E-state index in [1.807, 2.05) is 0 Å². The molecule has 0 spiro atoms. The van der Waals surface area contributed by atoms with Crippen LogP contribution in [0.15, 0.2) is 16.9 Å². The zero-order valence-electron chi connectivity index (χ0n) is 10.8. The van der Waals surface area contributed by atoms with Gasteiger partial charge in [-0.2, -0.15) is 0 Å². The first-order chi connectivity index (χ1) is 9.02. The number of piperidine rings is 1. The number of anilines is 1. The number of rotatable bonds is 4. The third-order valence-electron chi connectivity index (χ3n) is 3.45. The van der Waals surface area contributed by atoms with Crippen molar-refractivity contribution < 1.29 is 4.92 Å². The number of halogens is 1. The molecule has 0 aromatic carbocycles. The minimum atomic E-state index is -0.415. The predicted molar refractivity (Wildman–Crippen MR) is 77.3 cm³/mol. The van der Waals surface area contributed by atoms with Crippen LogP contribution in [0.1, 0.15) is 19.8 Å². The van der Waals surface area contributed by atoms with E-state index < -0.39 is 4.92 Å². The van der Waals surface area contributed by atoms with Crippen molar-refractivity contribution in [1.82, 2.24) is 10.3 Å². The summed E-state index contributed by atoms with van der Waals surface area (Å²) >= 11 is 3.31. The zero-order valence-corrected chi connectivity index (χ0v) is 12.4. The molecule has 0 amide bonds. The Bertz CT molecular complexity index is 475. The summed E-state index contributed by atoms with van der Waals surface area (Å²) in [6, 6.07) is 0. The first-order valence-corrected chi connectivity index (χ1v) is 7.04. The van der Waals surface area contributed by atoms with E-state index in [4.69, 9.17) is 0 Å². The topological polar surface area (TPSA) is 80.1 Å². The normalized spacial score (nSPS) is 23.1. The Morgan fingerprint density at radius 2 is 2.42 bits per heavy atom. The average molecular weight is 329 g/mol. The van der Waals surface area contributed by atoms with Gasteiger partial charge < -0.3 is 10.6 Å². The first kappa shape index (κ1) is 14.2. The monoisotopic (exact) mass is 328 g/mol. The van der Waals surface area contributed by atoms with E-state index in [1.54, 1.807) is 6.20 Å². The highest BCUT2D eigenvalue weighted by Gasteiger charge is 2.28. The molecule has 1 saturated heterocycles. The van der Waals surface area contributed by atoms with Gasteiger partial charge in [0, 0.05) is 19.3 Å². The zero-order chi connectivity index (χ0) is 13.9. The summed E-state index contributed by atoms with van der Waals surface area (Å²) in [6.07, 6.45) is 5.09. The largest absolute Gasteiger partial charge is 0.378 e. The van der Waals surface area contributed by atoms with Crippen LogP contribution in [0, 0.1) is 15.5 Å². The molecule has 1 fully saturated rings. The molecule has 1 aromatic rings. The third kappa shape index (κ3) is 3.42. The van der Waals surface area contributed by atoms with Crippen LogP contribution >= 0.6 is 15.9 Å². The fourth-order valence-corrected chi connectivity index (χ4v) is 2.77. The molecule has 7 heteroatoms. The number of nitrogens with zero attached hydrogens (tertiary/aromatic N) is 2. The van der Waals surface area contributed by atoms with Gasteiger partial charge in [-0.25, -0.2) is 0 Å². The van der Waals surface area contributed by atoms with Crippen molar-refractivity contribution in [1.29, 1.82) is 0 Å². The summed E-state index contributed by atoms with van der Waals surface area (Å²) < 4.78 is 0.620. The second-order valence-corrected chi connectivity index (χ2v) is 6.07. The Morgan fingerprint density at radius 1 is 1.63 bits per heavy atom. The summed E-state index contributed by atoms with van der Waals surface area (Å²) in [7, 11) is 0. The summed E-state index contributed by atoms with van der Waals surface area (Å²) in [5.74, 6) is 0. The number of hydrogen-bond acceptors (Lipinski definition) is 5. The Kier molecular flexibility index (Phi) is 4.36. The summed E-state index contributed by atoms with van der Waals surface area (Å²) in [6.45, 7) is 4.86. The molecule has 104 valence electrons. The van der Waals surface area contributed by atoms with E-state index >= 15 is 0 Å². The maximum absolute atomic E-state index is 11.0. The lowest BCUT2D eigenvalue weighted by atomic mass is 9.83. The van der Waals surface area contributed by atoms with Crippen molar-refractivity contribution in [3.05, 3.63) is 27.0 Å². The number of nitrogens with one attached hydrogen (secondary N) is 2. The summed E-state index contributed by atoms with van der Waals surface area (Å²) in [4.78, 5) is 14.4. The molecule has 1 aliphatic rings. The van der Waals surface area contributed by atoms with Crippen molar-refractivity contribution in [2.75, 3.05) is 25.0 Å². The van der Waals surface area contributed by atoms with Crippen LogP contribution in [-0.4, -0.2) is 29.5 Å². The molecule has 6 nitrogen and oxygen atoms in total. The van der Waals surface area contributed by atoms with Crippen LogP contribution in [-0.2, 0) is 0 Å². The lowest BCUT2D eigenvalue weighted by Gasteiger charge is -2.34. The maximum atomic E-state index is 11.0. The van der Waals surface area contributed by atoms with Crippen LogP contribution in [0.25, 0.3) is 0 Å². The van der Waals surface area contributed by atoms with Crippen molar-refractivity contribution >= 4 is 27.3 Å². The lowest BCUT2D eigenvalue weighted by molar-refractivity contribution is -0.384.